The lowest BCUT2D eigenvalue weighted by atomic mass is 9.97. The number of aromatic nitrogens is 2. The number of hydrogen-bond donors (Lipinski definition) is 1. The molecule has 0 saturated carbocycles. The van der Waals surface area contributed by atoms with E-state index in [1.54, 1.807) is 0 Å². The fourth-order valence-corrected chi connectivity index (χ4v) is 3.38. The standard InChI is InChI=1S/C15H13BrN2O2S/c1-9(13(19)10-5-3-2-4-6-10)15-17-14(18-20-15)12-7-11(16)8-21-12/h2-9,13,19H,1H3. The Labute approximate surface area is 134 Å². The third-order valence-corrected chi connectivity index (χ3v) is 4.92. The van der Waals surface area contributed by atoms with Crippen molar-refractivity contribution >= 4 is 27.3 Å². The second-order valence-corrected chi connectivity index (χ2v) is 6.56. The van der Waals surface area contributed by atoms with Crippen LogP contribution in [0.2, 0.25) is 0 Å². The highest BCUT2D eigenvalue weighted by atomic mass is 79.9. The molecule has 1 N–H and O–H groups in total. The molecule has 2 aromatic heterocycles. The van der Waals surface area contributed by atoms with Gasteiger partial charge < -0.3 is 9.63 Å². The summed E-state index contributed by atoms with van der Waals surface area (Å²) in [5.74, 6) is 0.718. The predicted molar refractivity (Wildman–Crippen MR) is 85.1 cm³/mol. The van der Waals surface area contributed by atoms with Gasteiger partial charge >= 0.3 is 0 Å². The minimum atomic E-state index is -0.672. The number of aliphatic hydroxyl groups is 1. The van der Waals surface area contributed by atoms with Crippen molar-refractivity contribution in [3.63, 3.8) is 0 Å². The highest BCUT2D eigenvalue weighted by Gasteiger charge is 2.24. The number of nitrogens with zero attached hydrogens (tertiary/aromatic N) is 2. The molecular formula is C15H13BrN2O2S. The Kier molecular flexibility index (Phi) is 4.19. The molecule has 21 heavy (non-hydrogen) atoms. The van der Waals surface area contributed by atoms with Gasteiger partial charge in [0, 0.05) is 9.85 Å². The van der Waals surface area contributed by atoms with Crippen molar-refractivity contribution in [2.75, 3.05) is 0 Å². The second-order valence-electron chi connectivity index (χ2n) is 4.73. The second kappa shape index (κ2) is 6.09. The van der Waals surface area contributed by atoms with E-state index in [1.165, 1.54) is 11.3 Å². The fourth-order valence-electron chi connectivity index (χ4n) is 2.02. The van der Waals surface area contributed by atoms with Crippen LogP contribution in [0.5, 0.6) is 0 Å². The molecule has 6 heteroatoms. The lowest BCUT2D eigenvalue weighted by molar-refractivity contribution is 0.135. The van der Waals surface area contributed by atoms with Crippen molar-refractivity contribution in [1.82, 2.24) is 10.1 Å². The maximum absolute atomic E-state index is 10.4. The molecule has 108 valence electrons. The average Bonchev–Trinajstić information content (AvgIpc) is 3.15. The average molecular weight is 365 g/mol. The molecule has 0 bridgehead atoms. The van der Waals surface area contributed by atoms with Crippen LogP contribution in [-0.4, -0.2) is 15.2 Å². The van der Waals surface area contributed by atoms with Crippen molar-refractivity contribution < 1.29 is 9.63 Å². The minimum Gasteiger partial charge on any atom is -0.388 e. The van der Waals surface area contributed by atoms with E-state index in [9.17, 15) is 5.11 Å². The Morgan fingerprint density at radius 3 is 2.71 bits per heavy atom. The summed E-state index contributed by atoms with van der Waals surface area (Å²) in [6.07, 6.45) is -0.672. The lowest BCUT2D eigenvalue weighted by Gasteiger charge is -2.15. The van der Waals surface area contributed by atoms with Crippen LogP contribution in [0, 0.1) is 0 Å². The summed E-state index contributed by atoms with van der Waals surface area (Å²) >= 11 is 4.94. The highest BCUT2D eigenvalue weighted by Crippen LogP contribution is 2.32. The zero-order chi connectivity index (χ0) is 14.8. The van der Waals surface area contributed by atoms with E-state index in [0.717, 1.165) is 14.9 Å². The highest BCUT2D eigenvalue weighted by molar-refractivity contribution is 9.10. The first-order chi connectivity index (χ1) is 10.1. The van der Waals surface area contributed by atoms with Gasteiger partial charge in [-0.15, -0.1) is 11.3 Å². The van der Waals surface area contributed by atoms with Crippen molar-refractivity contribution in [3.8, 4) is 10.7 Å². The molecule has 2 atom stereocenters. The first kappa shape index (κ1) is 14.4. The topological polar surface area (TPSA) is 59.2 Å². The molecule has 0 saturated heterocycles. The van der Waals surface area contributed by atoms with Gasteiger partial charge in [-0.25, -0.2) is 0 Å². The van der Waals surface area contributed by atoms with Gasteiger partial charge in [0.2, 0.25) is 11.7 Å². The van der Waals surface area contributed by atoms with Gasteiger partial charge in [-0.3, -0.25) is 0 Å². The fraction of sp³-hybridized carbons (Fsp3) is 0.200. The third-order valence-electron chi connectivity index (χ3n) is 3.23. The Hall–Kier alpha value is -1.50. The molecule has 0 spiro atoms. The number of aliphatic hydroxyl groups excluding tert-OH is 1. The molecule has 0 fully saturated rings. The van der Waals surface area contributed by atoms with Crippen LogP contribution < -0.4 is 0 Å². The molecule has 1 aromatic carbocycles. The molecule has 0 aliphatic heterocycles. The molecule has 3 rings (SSSR count). The monoisotopic (exact) mass is 364 g/mol. The summed E-state index contributed by atoms with van der Waals surface area (Å²) in [7, 11) is 0. The zero-order valence-electron chi connectivity index (χ0n) is 11.2. The normalized spacial score (nSPS) is 14.0. The maximum atomic E-state index is 10.4. The van der Waals surface area contributed by atoms with Crippen molar-refractivity contribution in [3.05, 3.63) is 57.7 Å². The molecule has 2 unspecified atom stereocenters. The van der Waals surface area contributed by atoms with Crippen LogP contribution in [0.15, 0.2) is 50.8 Å². The Morgan fingerprint density at radius 1 is 1.29 bits per heavy atom. The summed E-state index contributed by atoms with van der Waals surface area (Å²) in [6.45, 7) is 1.87. The van der Waals surface area contributed by atoms with Crippen molar-refractivity contribution in [2.24, 2.45) is 0 Å². The number of hydrogen-bond acceptors (Lipinski definition) is 5. The molecule has 2 heterocycles. The number of halogens is 1. The van der Waals surface area contributed by atoms with E-state index in [4.69, 9.17) is 4.52 Å². The third kappa shape index (κ3) is 3.07. The SMILES string of the molecule is CC(c1nc(-c2cc(Br)cs2)no1)C(O)c1ccccc1. The van der Waals surface area contributed by atoms with Gasteiger partial charge in [0.25, 0.3) is 0 Å². The van der Waals surface area contributed by atoms with Crippen LogP contribution in [-0.2, 0) is 0 Å². The number of thiophene rings is 1. The summed E-state index contributed by atoms with van der Waals surface area (Å²) < 4.78 is 6.29. The molecular weight excluding hydrogens is 352 g/mol. The van der Waals surface area contributed by atoms with Crippen LogP contribution in [0.3, 0.4) is 0 Å². The van der Waals surface area contributed by atoms with Gasteiger partial charge in [0.1, 0.15) is 0 Å². The Bertz CT molecular complexity index is 726. The van der Waals surface area contributed by atoms with Gasteiger partial charge in [0.15, 0.2) is 0 Å². The van der Waals surface area contributed by atoms with E-state index in [1.807, 2.05) is 48.7 Å². The molecule has 4 nitrogen and oxygen atoms in total. The first-order valence-electron chi connectivity index (χ1n) is 6.46. The van der Waals surface area contributed by atoms with Crippen molar-refractivity contribution in [1.29, 1.82) is 0 Å². The summed E-state index contributed by atoms with van der Waals surface area (Å²) in [4.78, 5) is 5.32. The van der Waals surface area contributed by atoms with Gasteiger partial charge in [-0.05, 0) is 27.6 Å². The minimum absolute atomic E-state index is 0.267. The first-order valence-corrected chi connectivity index (χ1v) is 8.13. The predicted octanol–water partition coefficient (Wildman–Crippen LogP) is 4.40. The molecule has 0 aliphatic rings. The van der Waals surface area contributed by atoms with Crippen LogP contribution >= 0.6 is 27.3 Å². The Balaban J connectivity index is 1.82. The molecule has 3 aromatic rings. The molecule has 0 amide bonds. The maximum Gasteiger partial charge on any atom is 0.232 e. The van der Waals surface area contributed by atoms with E-state index in [0.29, 0.717) is 11.7 Å². The molecule has 0 radical (unpaired) electrons. The zero-order valence-corrected chi connectivity index (χ0v) is 13.6. The van der Waals surface area contributed by atoms with Crippen LogP contribution in [0.4, 0.5) is 0 Å². The Morgan fingerprint density at radius 2 is 2.05 bits per heavy atom. The van der Waals surface area contributed by atoms with E-state index < -0.39 is 6.10 Å². The number of benzene rings is 1. The van der Waals surface area contributed by atoms with Crippen LogP contribution in [0.25, 0.3) is 10.7 Å². The van der Waals surface area contributed by atoms with Gasteiger partial charge in [-0.2, -0.15) is 4.98 Å². The van der Waals surface area contributed by atoms with Gasteiger partial charge in [-0.1, -0.05) is 42.4 Å². The summed E-state index contributed by atoms with van der Waals surface area (Å²) in [5.41, 5.74) is 0.837. The van der Waals surface area contributed by atoms with E-state index in [-0.39, 0.29) is 5.92 Å². The van der Waals surface area contributed by atoms with Gasteiger partial charge in [0.05, 0.1) is 16.9 Å². The van der Waals surface area contributed by atoms with E-state index >= 15 is 0 Å². The summed E-state index contributed by atoms with van der Waals surface area (Å²) in [6, 6.07) is 11.4. The quantitative estimate of drug-likeness (QED) is 0.745. The smallest absolute Gasteiger partial charge is 0.232 e. The molecule has 0 aliphatic carbocycles. The van der Waals surface area contributed by atoms with E-state index in [2.05, 4.69) is 26.1 Å². The lowest BCUT2D eigenvalue weighted by Crippen LogP contribution is -2.07. The van der Waals surface area contributed by atoms with Crippen LogP contribution in [0.1, 0.15) is 30.4 Å². The largest absolute Gasteiger partial charge is 0.388 e. The van der Waals surface area contributed by atoms with Crippen molar-refractivity contribution in [2.45, 2.75) is 18.9 Å². The summed E-state index contributed by atoms with van der Waals surface area (Å²) in [5, 5.41) is 16.3. The number of rotatable bonds is 4.